The van der Waals surface area contributed by atoms with Gasteiger partial charge in [-0.1, -0.05) is 181 Å². The molecule has 6 heteroatoms. The van der Waals surface area contributed by atoms with E-state index in [0.29, 0.717) is 24.7 Å². The van der Waals surface area contributed by atoms with E-state index in [0.717, 1.165) is 43.1 Å². The molecule has 8 rings (SSSR count). The highest BCUT2D eigenvalue weighted by Gasteiger charge is 2.18. The summed E-state index contributed by atoms with van der Waals surface area (Å²) in [5, 5.41) is 16.8. The van der Waals surface area contributed by atoms with E-state index >= 15 is 0 Å². The van der Waals surface area contributed by atoms with Crippen molar-refractivity contribution in [1.29, 1.82) is 5.41 Å². The lowest BCUT2D eigenvalue weighted by molar-refractivity contribution is 0.591. The van der Waals surface area contributed by atoms with Crippen LogP contribution in [0, 0.1) is 26.2 Å². The zero-order chi connectivity index (χ0) is 53.7. The monoisotopic (exact) mass is 959 g/mol. The number of fused-ring (bicyclic) bond motifs is 4. The SMILES string of the molecule is C=N.C=NCc1cc2cc(C(C)(C)C)ccc2cc1/C(N)=N/C(N)=c1\cc2cc(C(C)(C)C)ccc2cc1=C.Cc1cc2cc(C(C)(C)C)ccc2cc1CN.Cc1cc2ccc(C(C)(C)C)cc2cc1C. The van der Waals surface area contributed by atoms with Crippen molar-refractivity contribution in [3.8, 4) is 0 Å². The van der Waals surface area contributed by atoms with Crippen LogP contribution in [-0.2, 0) is 34.7 Å². The van der Waals surface area contributed by atoms with Gasteiger partial charge in [0.05, 0.1) is 6.54 Å². The first-order chi connectivity index (χ1) is 33.6. The lowest BCUT2D eigenvalue weighted by Crippen LogP contribution is -2.29. The van der Waals surface area contributed by atoms with Gasteiger partial charge in [-0.2, -0.15) is 0 Å². The van der Waals surface area contributed by atoms with E-state index in [2.05, 4.69) is 249 Å². The third-order valence-corrected chi connectivity index (χ3v) is 13.6. The Morgan fingerprint density at radius 3 is 1.22 bits per heavy atom. The Kier molecular flexibility index (Phi) is 17.3. The minimum Gasteiger partial charge on any atom is -0.383 e. The molecule has 0 radical (unpaired) electrons. The molecule has 376 valence electrons. The molecule has 0 aliphatic heterocycles. The number of nitrogens with zero attached hydrogens (tertiary/aromatic N) is 2. The van der Waals surface area contributed by atoms with Crippen LogP contribution in [0.4, 0.5) is 0 Å². The minimum atomic E-state index is 0.0502. The molecule has 0 aliphatic carbocycles. The third kappa shape index (κ3) is 13.5. The molecule has 8 aromatic carbocycles. The van der Waals surface area contributed by atoms with Crippen molar-refractivity contribution >= 4 is 74.8 Å². The fourth-order valence-electron chi connectivity index (χ4n) is 8.74. The maximum atomic E-state index is 6.57. The highest BCUT2D eigenvalue weighted by molar-refractivity contribution is 6.04. The van der Waals surface area contributed by atoms with E-state index in [4.69, 9.17) is 22.6 Å². The quantitative estimate of drug-likeness (QED) is 0.101. The Morgan fingerprint density at radius 1 is 0.458 bits per heavy atom. The Bertz CT molecular complexity index is 3420. The molecule has 72 heavy (non-hydrogen) atoms. The largest absolute Gasteiger partial charge is 0.383 e. The molecule has 7 N–H and O–H groups in total. The van der Waals surface area contributed by atoms with Crippen LogP contribution in [0.5, 0.6) is 0 Å². The maximum absolute atomic E-state index is 6.57. The van der Waals surface area contributed by atoms with Crippen LogP contribution in [0.15, 0.2) is 131 Å². The summed E-state index contributed by atoms with van der Waals surface area (Å²) in [5.74, 6) is 0.687. The summed E-state index contributed by atoms with van der Waals surface area (Å²) in [6.07, 6.45) is 0. The summed E-state index contributed by atoms with van der Waals surface area (Å²) in [6.45, 7) is 44.7. The van der Waals surface area contributed by atoms with E-state index in [1.807, 2.05) is 6.07 Å². The molecular formula is C66H82N6. The van der Waals surface area contributed by atoms with Crippen molar-refractivity contribution in [1.82, 2.24) is 0 Å². The summed E-state index contributed by atoms with van der Waals surface area (Å²) in [7, 11) is 0. The van der Waals surface area contributed by atoms with Gasteiger partial charge in [0.2, 0.25) is 0 Å². The first-order valence-electron chi connectivity index (χ1n) is 25.1. The molecule has 0 saturated heterocycles. The standard InChI is InChI=1S/C33H38N4.C16H21N.C16H20.CH3N/c1-20-13-21-9-11-27(33(5,6)7)16-24(21)18-28(20)30(34)37-31(35)29-17-22-10-12-26(32(2,3)4)15-23(22)14-25(29)19-36-8;1-11-7-13-9-15(16(2,3)4)6-5-12(13)8-14(11)10-17;1-11-8-13-6-7-15(16(3,4)5)10-14(13)9-12(11)2;1-2/h9-18H,1,8,19,34H2,2-7H3,(H2,35,37);5-9H,10,17H2,1-4H3;6-10H,1-5H3;2H,1H2/b30-28+;;;. The molecular weight excluding hydrogens is 877 g/mol. The number of aliphatic imine (C=N–C) groups is 2. The molecule has 0 aliphatic rings. The van der Waals surface area contributed by atoms with Gasteiger partial charge in [-0.25, -0.2) is 4.99 Å². The molecule has 0 heterocycles. The van der Waals surface area contributed by atoms with E-state index < -0.39 is 0 Å². The number of benzene rings is 8. The molecule has 0 fully saturated rings. The van der Waals surface area contributed by atoms with Crippen molar-refractivity contribution in [2.24, 2.45) is 27.2 Å². The van der Waals surface area contributed by atoms with Gasteiger partial charge in [-0.3, -0.25) is 4.99 Å². The van der Waals surface area contributed by atoms with Crippen molar-refractivity contribution in [3.63, 3.8) is 0 Å². The molecule has 0 aromatic heterocycles. The highest BCUT2D eigenvalue weighted by atomic mass is 15.0. The Labute approximate surface area is 431 Å². The van der Waals surface area contributed by atoms with Crippen LogP contribution in [0.2, 0.25) is 0 Å². The van der Waals surface area contributed by atoms with Crippen LogP contribution < -0.4 is 27.6 Å². The first-order valence-corrected chi connectivity index (χ1v) is 25.1. The fraction of sp³-hybridized carbons (Fsp3) is 0.318. The van der Waals surface area contributed by atoms with Crippen molar-refractivity contribution in [2.45, 2.75) is 139 Å². The van der Waals surface area contributed by atoms with Crippen LogP contribution in [0.3, 0.4) is 0 Å². The lowest BCUT2D eigenvalue weighted by Gasteiger charge is -2.20. The summed E-state index contributed by atoms with van der Waals surface area (Å²) in [4.78, 5) is 8.78. The summed E-state index contributed by atoms with van der Waals surface area (Å²) in [5.41, 5.74) is 31.7. The molecule has 0 amide bonds. The van der Waals surface area contributed by atoms with E-state index in [-0.39, 0.29) is 21.7 Å². The van der Waals surface area contributed by atoms with Gasteiger partial charge < -0.3 is 22.6 Å². The topological polar surface area (TPSA) is 127 Å². The minimum absolute atomic E-state index is 0.0502. The van der Waals surface area contributed by atoms with Crippen LogP contribution in [0.25, 0.3) is 55.5 Å². The van der Waals surface area contributed by atoms with Gasteiger partial charge in [0, 0.05) is 17.3 Å². The molecule has 0 spiro atoms. The van der Waals surface area contributed by atoms with Gasteiger partial charge in [0.1, 0.15) is 11.7 Å². The van der Waals surface area contributed by atoms with Crippen molar-refractivity contribution < 1.29 is 0 Å². The van der Waals surface area contributed by atoms with Crippen LogP contribution >= 0.6 is 0 Å². The van der Waals surface area contributed by atoms with Crippen LogP contribution in [-0.4, -0.2) is 19.3 Å². The van der Waals surface area contributed by atoms with E-state index in [1.54, 1.807) is 0 Å². The number of hydrogen-bond acceptors (Lipinski definition) is 5. The number of nitrogens with one attached hydrogen (secondary N) is 1. The molecule has 0 bridgehead atoms. The predicted octanol–water partition coefficient (Wildman–Crippen LogP) is 14.6. The molecule has 0 saturated carbocycles. The molecule has 0 unspecified atom stereocenters. The average Bonchev–Trinajstić information content (AvgIpc) is 3.30. The second-order valence-electron chi connectivity index (χ2n) is 23.4. The second kappa shape index (κ2) is 22.3. The zero-order valence-corrected chi connectivity index (χ0v) is 46.2. The zero-order valence-electron chi connectivity index (χ0n) is 46.2. The number of hydrogen-bond donors (Lipinski definition) is 4. The fourth-order valence-corrected chi connectivity index (χ4v) is 8.74. The molecule has 6 nitrogen and oxygen atoms in total. The van der Waals surface area contributed by atoms with Gasteiger partial charge in [0.25, 0.3) is 0 Å². The van der Waals surface area contributed by atoms with Gasteiger partial charge in [-0.05, 0) is 185 Å². The van der Waals surface area contributed by atoms with Crippen molar-refractivity contribution in [2.75, 3.05) is 0 Å². The predicted molar refractivity (Wildman–Crippen MR) is 319 cm³/mol. The number of nitrogens with two attached hydrogens (primary N) is 3. The normalized spacial score (nSPS) is 12.6. The van der Waals surface area contributed by atoms with Crippen LogP contribution in [0.1, 0.15) is 139 Å². The Hall–Kier alpha value is -6.89. The average molecular weight is 959 g/mol. The number of amidine groups is 1. The Balaban J connectivity index is 0.000000226. The maximum Gasteiger partial charge on any atom is 0.133 e. The lowest BCUT2D eigenvalue weighted by atomic mass is 9.85. The van der Waals surface area contributed by atoms with Gasteiger partial charge in [-0.15, -0.1) is 0 Å². The smallest absolute Gasteiger partial charge is 0.133 e. The van der Waals surface area contributed by atoms with Gasteiger partial charge in [0.15, 0.2) is 0 Å². The summed E-state index contributed by atoms with van der Waals surface area (Å²) < 4.78 is 0. The highest BCUT2D eigenvalue weighted by Crippen LogP contribution is 2.31. The number of aryl methyl sites for hydroxylation is 3. The van der Waals surface area contributed by atoms with E-state index in [9.17, 15) is 0 Å². The summed E-state index contributed by atoms with van der Waals surface area (Å²) >= 11 is 0. The van der Waals surface area contributed by atoms with Crippen molar-refractivity contribution in [3.05, 3.63) is 187 Å². The Morgan fingerprint density at radius 2 is 0.806 bits per heavy atom. The molecule has 0 atom stereocenters. The second-order valence-corrected chi connectivity index (χ2v) is 23.4. The molecule has 8 aromatic rings. The summed E-state index contributed by atoms with van der Waals surface area (Å²) in [6, 6.07) is 43.9. The number of rotatable bonds is 5. The van der Waals surface area contributed by atoms with E-state index in [1.165, 1.54) is 66.1 Å². The first kappa shape index (κ1) is 56.0. The third-order valence-electron chi connectivity index (χ3n) is 13.6. The van der Waals surface area contributed by atoms with Gasteiger partial charge >= 0.3 is 0 Å².